The van der Waals surface area contributed by atoms with Crippen molar-refractivity contribution in [2.45, 2.75) is 32.4 Å². The van der Waals surface area contributed by atoms with Gasteiger partial charge in [-0.2, -0.15) is 0 Å². The molecule has 2 rings (SSSR count). The van der Waals surface area contributed by atoms with Crippen LogP contribution in [0.25, 0.3) is 0 Å². The van der Waals surface area contributed by atoms with E-state index in [0.29, 0.717) is 13.1 Å². The Morgan fingerprint density at radius 3 is 2.84 bits per heavy atom. The number of ether oxygens (including phenoxy) is 1. The standard InChI is InChI=1S/C13H22N4O2/c1-13(2,3)19-12(18)17-8-6-14-10(9-17)11-15-5-7-16(11)4/h5,7,10,14H,6,8-9H2,1-4H3/t10-/m1/s1. The fourth-order valence-electron chi connectivity index (χ4n) is 2.13. The van der Waals surface area contributed by atoms with Gasteiger partial charge in [-0.3, -0.25) is 0 Å². The van der Waals surface area contributed by atoms with Crippen LogP contribution in [-0.4, -0.2) is 45.8 Å². The lowest BCUT2D eigenvalue weighted by Crippen LogP contribution is -2.50. The summed E-state index contributed by atoms with van der Waals surface area (Å²) in [7, 11) is 1.95. The summed E-state index contributed by atoms with van der Waals surface area (Å²) in [5.41, 5.74) is -0.458. The van der Waals surface area contributed by atoms with Gasteiger partial charge in [0.15, 0.2) is 0 Å². The number of amides is 1. The van der Waals surface area contributed by atoms with Gasteiger partial charge in [0.25, 0.3) is 0 Å². The van der Waals surface area contributed by atoms with E-state index in [1.54, 1.807) is 11.1 Å². The van der Waals surface area contributed by atoms with Crippen LogP contribution in [0.3, 0.4) is 0 Å². The molecule has 1 atom stereocenters. The van der Waals surface area contributed by atoms with Crippen LogP contribution in [0, 0.1) is 0 Å². The molecule has 0 unspecified atom stereocenters. The predicted molar refractivity (Wildman–Crippen MR) is 71.8 cm³/mol. The van der Waals surface area contributed by atoms with Crippen LogP contribution in [0.1, 0.15) is 32.6 Å². The largest absolute Gasteiger partial charge is 0.444 e. The van der Waals surface area contributed by atoms with Crippen LogP contribution < -0.4 is 5.32 Å². The topological polar surface area (TPSA) is 59.4 Å². The van der Waals surface area contributed by atoms with Crippen molar-refractivity contribution >= 4 is 6.09 Å². The van der Waals surface area contributed by atoms with Crippen LogP contribution in [0.5, 0.6) is 0 Å². The first kappa shape index (κ1) is 13.9. The molecule has 1 amide bonds. The number of nitrogens with one attached hydrogen (secondary N) is 1. The molecular formula is C13H22N4O2. The Labute approximate surface area is 113 Å². The molecule has 0 saturated carbocycles. The monoisotopic (exact) mass is 266 g/mol. The van der Waals surface area contributed by atoms with Gasteiger partial charge in [0.05, 0.1) is 6.04 Å². The SMILES string of the molecule is Cn1ccnc1[C@H]1CN(C(=O)OC(C)(C)C)CCN1. The second kappa shape index (κ2) is 5.21. The minimum Gasteiger partial charge on any atom is -0.444 e. The molecule has 1 saturated heterocycles. The van der Waals surface area contributed by atoms with E-state index in [1.807, 2.05) is 38.6 Å². The van der Waals surface area contributed by atoms with Crippen LogP contribution in [-0.2, 0) is 11.8 Å². The number of hydrogen-bond acceptors (Lipinski definition) is 4. The number of hydrogen-bond donors (Lipinski definition) is 1. The molecule has 6 nitrogen and oxygen atoms in total. The Kier molecular flexibility index (Phi) is 3.80. The van der Waals surface area contributed by atoms with Gasteiger partial charge >= 0.3 is 6.09 Å². The van der Waals surface area contributed by atoms with Gasteiger partial charge in [0.2, 0.25) is 0 Å². The fraction of sp³-hybridized carbons (Fsp3) is 0.692. The Balaban J connectivity index is 2.01. The molecule has 106 valence electrons. The molecule has 1 N–H and O–H groups in total. The van der Waals surface area contributed by atoms with E-state index >= 15 is 0 Å². The van der Waals surface area contributed by atoms with E-state index in [9.17, 15) is 4.79 Å². The lowest BCUT2D eigenvalue weighted by molar-refractivity contribution is 0.0191. The lowest BCUT2D eigenvalue weighted by atomic mass is 10.2. The highest BCUT2D eigenvalue weighted by molar-refractivity contribution is 5.68. The van der Waals surface area contributed by atoms with Gasteiger partial charge in [-0.1, -0.05) is 0 Å². The third kappa shape index (κ3) is 3.47. The number of carbonyl (C=O) groups excluding carboxylic acids is 1. The number of aryl methyl sites for hydroxylation is 1. The summed E-state index contributed by atoms with van der Waals surface area (Å²) in [6, 6.07) is 0.0567. The highest BCUT2D eigenvalue weighted by Crippen LogP contribution is 2.17. The van der Waals surface area contributed by atoms with Crippen molar-refractivity contribution in [2.75, 3.05) is 19.6 Å². The van der Waals surface area contributed by atoms with E-state index in [1.165, 1.54) is 0 Å². The normalized spacial score (nSPS) is 20.4. The number of piperazine rings is 1. The van der Waals surface area contributed by atoms with E-state index in [4.69, 9.17) is 4.74 Å². The van der Waals surface area contributed by atoms with Gasteiger partial charge in [-0.15, -0.1) is 0 Å². The van der Waals surface area contributed by atoms with Crippen molar-refractivity contribution in [3.8, 4) is 0 Å². The summed E-state index contributed by atoms with van der Waals surface area (Å²) in [6.07, 6.45) is 3.42. The van der Waals surface area contributed by atoms with Crippen molar-refractivity contribution in [1.82, 2.24) is 19.8 Å². The lowest BCUT2D eigenvalue weighted by Gasteiger charge is -2.34. The van der Waals surface area contributed by atoms with E-state index < -0.39 is 5.60 Å². The number of imidazole rings is 1. The molecule has 1 aromatic heterocycles. The van der Waals surface area contributed by atoms with Crippen molar-refractivity contribution < 1.29 is 9.53 Å². The van der Waals surface area contributed by atoms with E-state index in [-0.39, 0.29) is 12.1 Å². The molecule has 0 bridgehead atoms. The Morgan fingerprint density at radius 1 is 1.53 bits per heavy atom. The molecule has 1 aliphatic heterocycles. The molecule has 1 fully saturated rings. The number of nitrogens with zero attached hydrogens (tertiary/aromatic N) is 3. The quantitative estimate of drug-likeness (QED) is 0.832. The maximum absolute atomic E-state index is 12.1. The van der Waals surface area contributed by atoms with Crippen LogP contribution in [0.4, 0.5) is 4.79 Å². The third-order valence-corrected chi connectivity index (χ3v) is 3.00. The summed E-state index contributed by atoms with van der Waals surface area (Å²) in [4.78, 5) is 18.1. The van der Waals surface area contributed by atoms with Crippen molar-refractivity contribution in [3.05, 3.63) is 18.2 Å². The first-order chi connectivity index (χ1) is 8.87. The molecule has 0 spiro atoms. The molecule has 0 radical (unpaired) electrons. The zero-order chi connectivity index (χ0) is 14.0. The Hall–Kier alpha value is -1.56. The average molecular weight is 266 g/mol. The zero-order valence-electron chi connectivity index (χ0n) is 12.0. The molecule has 2 heterocycles. The fourth-order valence-corrected chi connectivity index (χ4v) is 2.13. The molecular weight excluding hydrogens is 244 g/mol. The summed E-state index contributed by atoms with van der Waals surface area (Å²) in [5, 5.41) is 3.38. The van der Waals surface area contributed by atoms with Crippen molar-refractivity contribution in [1.29, 1.82) is 0 Å². The van der Waals surface area contributed by atoms with Crippen LogP contribution in [0.2, 0.25) is 0 Å². The minimum atomic E-state index is -0.458. The summed E-state index contributed by atoms with van der Waals surface area (Å²) in [6.45, 7) is 7.63. The maximum atomic E-state index is 12.1. The zero-order valence-corrected chi connectivity index (χ0v) is 12.0. The van der Waals surface area contributed by atoms with Gasteiger partial charge in [-0.05, 0) is 20.8 Å². The molecule has 1 aliphatic rings. The van der Waals surface area contributed by atoms with Crippen LogP contribution >= 0.6 is 0 Å². The van der Waals surface area contributed by atoms with Crippen LogP contribution in [0.15, 0.2) is 12.4 Å². The molecule has 0 aromatic carbocycles. The molecule has 1 aromatic rings. The second-order valence-electron chi connectivity index (χ2n) is 5.83. The number of rotatable bonds is 1. The molecule has 6 heteroatoms. The summed E-state index contributed by atoms with van der Waals surface area (Å²) >= 11 is 0. The predicted octanol–water partition coefficient (Wildman–Crippen LogP) is 1.30. The minimum absolute atomic E-state index is 0.0567. The first-order valence-electron chi connectivity index (χ1n) is 6.55. The van der Waals surface area contributed by atoms with E-state index in [0.717, 1.165) is 12.4 Å². The van der Waals surface area contributed by atoms with Crippen molar-refractivity contribution in [3.63, 3.8) is 0 Å². The first-order valence-corrected chi connectivity index (χ1v) is 6.55. The average Bonchev–Trinajstić information content (AvgIpc) is 2.73. The van der Waals surface area contributed by atoms with Gasteiger partial charge in [0.1, 0.15) is 11.4 Å². The highest BCUT2D eigenvalue weighted by atomic mass is 16.6. The highest BCUT2D eigenvalue weighted by Gasteiger charge is 2.29. The second-order valence-corrected chi connectivity index (χ2v) is 5.83. The molecule has 19 heavy (non-hydrogen) atoms. The summed E-state index contributed by atoms with van der Waals surface area (Å²) < 4.78 is 7.37. The van der Waals surface area contributed by atoms with Gasteiger partial charge in [0, 0.05) is 39.1 Å². The smallest absolute Gasteiger partial charge is 0.410 e. The van der Waals surface area contributed by atoms with Crippen molar-refractivity contribution in [2.24, 2.45) is 7.05 Å². The van der Waals surface area contributed by atoms with Gasteiger partial charge < -0.3 is 19.5 Å². The Bertz CT molecular complexity index is 450. The Morgan fingerprint density at radius 2 is 2.26 bits per heavy atom. The molecule has 0 aliphatic carbocycles. The third-order valence-electron chi connectivity index (χ3n) is 3.00. The van der Waals surface area contributed by atoms with E-state index in [2.05, 4.69) is 10.3 Å². The number of carbonyl (C=O) groups is 1. The van der Waals surface area contributed by atoms with Gasteiger partial charge in [-0.25, -0.2) is 9.78 Å². The maximum Gasteiger partial charge on any atom is 0.410 e. The summed E-state index contributed by atoms with van der Waals surface area (Å²) in [5.74, 6) is 0.938. The number of aromatic nitrogens is 2.